The molecule has 4 nitrogen and oxygen atoms in total. The average Bonchev–Trinajstić information content (AvgIpc) is 3.11. The van der Waals surface area contributed by atoms with E-state index in [1.165, 1.54) is 27.2 Å². The first-order valence-electron chi connectivity index (χ1n) is 12.1. The molecular formula is C30H25N2O2P. The Labute approximate surface area is 204 Å². The van der Waals surface area contributed by atoms with Crippen molar-refractivity contribution in [2.45, 2.75) is 0 Å². The summed E-state index contributed by atoms with van der Waals surface area (Å²) in [5.74, 6) is 0. The van der Waals surface area contributed by atoms with Crippen molar-refractivity contribution in [3.63, 3.8) is 0 Å². The second kappa shape index (κ2) is 8.49. The molecule has 35 heavy (non-hydrogen) atoms. The maximum absolute atomic E-state index is 6.73. The predicted molar refractivity (Wildman–Crippen MR) is 148 cm³/mol. The summed E-state index contributed by atoms with van der Waals surface area (Å²) in [4.78, 5) is 2.44. The molecule has 6 aromatic rings. The number of rotatable bonds is 2. The zero-order chi connectivity index (χ0) is 23.2. The third-order valence-electron chi connectivity index (χ3n) is 6.99. The Bertz CT molecular complexity index is 1620. The highest BCUT2D eigenvalue weighted by atomic mass is 31.1. The van der Waals surface area contributed by atoms with Crippen LogP contribution in [0, 0.1) is 0 Å². The first-order chi connectivity index (χ1) is 17.3. The van der Waals surface area contributed by atoms with Crippen molar-refractivity contribution in [3.8, 4) is 0 Å². The Morgan fingerprint density at radius 2 is 1.03 bits per heavy atom. The Kier molecular flexibility index (Phi) is 5.01. The quantitative estimate of drug-likeness (QED) is 0.253. The van der Waals surface area contributed by atoms with Crippen LogP contribution in [-0.4, -0.2) is 26.2 Å². The van der Waals surface area contributed by atoms with Crippen LogP contribution in [0.2, 0.25) is 0 Å². The molecule has 0 radical (unpaired) electrons. The molecule has 2 heterocycles. The zero-order valence-corrected chi connectivity index (χ0v) is 20.2. The van der Waals surface area contributed by atoms with Gasteiger partial charge < -0.3 is 13.3 Å². The van der Waals surface area contributed by atoms with E-state index < -0.39 is 8.16 Å². The maximum Gasteiger partial charge on any atom is 0.309 e. The van der Waals surface area contributed by atoms with Crippen molar-refractivity contribution in [3.05, 3.63) is 103 Å². The van der Waals surface area contributed by atoms with E-state index in [4.69, 9.17) is 8.39 Å². The van der Waals surface area contributed by atoms with Crippen LogP contribution < -0.4 is 9.57 Å². The molecule has 1 fully saturated rings. The van der Waals surface area contributed by atoms with Gasteiger partial charge in [-0.2, -0.15) is 4.67 Å². The van der Waals surface area contributed by atoms with Gasteiger partial charge in [-0.15, -0.1) is 0 Å². The van der Waals surface area contributed by atoms with Gasteiger partial charge >= 0.3 is 8.16 Å². The molecule has 7 rings (SSSR count). The van der Waals surface area contributed by atoms with Crippen LogP contribution in [0.5, 0.6) is 0 Å². The highest BCUT2D eigenvalue weighted by molar-refractivity contribution is 7.39. The van der Waals surface area contributed by atoms with Gasteiger partial charge in [-0.1, -0.05) is 78.9 Å². The molecule has 0 spiro atoms. The number of para-hydroxylation sites is 1. The summed E-state index contributed by atoms with van der Waals surface area (Å²) in [6, 6.07) is 36.3. The van der Waals surface area contributed by atoms with Crippen molar-refractivity contribution < 1.29 is 8.39 Å². The molecular weight excluding hydrogens is 451 g/mol. The molecule has 0 bridgehead atoms. The lowest BCUT2D eigenvalue weighted by molar-refractivity contribution is 0.597. The third kappa shape index (κ3) is 3.58. The first kappa shape index (κ1) is 20.6. The van der Waals surface area contributed by atoms with Gasteiger partial charge in [-0.25, -0.2) is 0 Å². The molecule has 1 aromatic heterocycles. The van der Waals surface area contributed by atoms with Crippen LogP contribution in [0.25, 0.3) is 43.5 Å². The monoisotopic (exact) mass is 476 g/mol. The highest BCUT2D eigenvalue weighted by Crippen LogP contribution is 2.42. The average molecular weight is 477 g/mol. The van der Waals surface area contributed by atoms with Gasteiger partial charge in [0.05, 0.1) is 0 Å². The van der Waals surface area contributed by atoms with Gasteiger partial charge in [0, 0.05) is 42.6 Å². The fourth-order valence-electron chi connectivity index (χ4n) is 5.23. The van der Waals surface area contributed by atoms with E-state index in [1.807, 2.05) is 0 Å². The van der Waals surface area contributed by atoms with E-state index in [0.29, 0.717) is 0 Å². The van der Waals surface area contributed by atoms with Crippen LogP contribution in [-0.2, 0) is 0 Å². The van der Waals surface area contributed by atoms with E-state index in [9.17, 15) is 0 Å². The minimum Gasteiger partial charge on any atom is -0.408 e. The van der Waals surface area contributed by atoms with Gasteiger partial charge in [-0.3, -0.25) is 0 Å². The van der Waals surface area contributed by atoms with Gasteiger partial charge in [0.25, 0.3) is 0 Å². The Hall–Kier alpha value is -3.72. The van der Waals surface area contributed by atoms with Crippen molar-refractivity contribution in [1.29, 1.82) is 0 Å². The number of fused-ring (bicyclic) bond motifs is 7. The highest BCUT2D eigenvalue weighted by Gasteiger charge is 2.23. The van der Waals surface area contributed by atoms with Crippen LogP contribution in [0.1, 0.15) is 0 Å². The number of nitrogens with zero attached hydrogens (tertiary/aromatic N) is 2. The molecule has 0 N–H and O–H groups in total. The molecule has 172 valence electrons. The molecule has 0 amide bonds. The zero-order valence-electron chi connectivity index (χ0n) is 19.3. The second-order valence-electron chi connectivity index (χ2n) is 9.02. The molecule has 5 aromatic carbocycles. The van der Waals surface area contributed by atoms with Gasteiger partial charge in [0.15, 0.2) is 0 Å². The standard InChI is InChI=1S/C30H25N2O2P/c1-2-10-24(11-3-1)31-18-20-32(21-19-31)35-33-27-16-14-22-8-4-6-12-25(22)29(27)30-26-13-7-5-9-23(26)15-17-28(30)34-35/h1-17H,18-21H2. The number of benzene rings is 5. The molecule has 1 saturated heterocycles. The van der Waals surface area contributed by atoms with E-state index >= 15 is 0 Å². The summed E-state index contributed by atoms with van der Waals surface area (Å²) >= 11 is 0. The first-order valence-corrected chi connectivity index (χ1v) is 13.2. The lowest BCUT2D eigenvalue weighted by Crippen LogP contribution is -2.45. The molecule has 5 heteroatoms. The molecule has 0 saturated carbocycles. The van der Waals surface area contributed by atoms with Gasteiger partial charge in [-0.05, 0) is 45.8 Å². The molecule has 1 aliphatic rings. The normalized spacial score (nSPS) is 14.8. The minimum absolute atomic E-state index is 0.895. The minimum atomic E-state index is -1.28. The summed E-state index contributed by atoms with van der Waals surface area (Å²) in [5.41, 5.74) is 3.07. The van der Waals surface area contributed by atoms with Gasteiger partial charge in [0.2, 0.25) is 0 Å². The van der Waals surface area contributed by atoms with Crippen molar-refractivity contribution >= 4 is 57.3 Å². The van der Waals surface area contributed by atoms with E-state index in [-0.39, 0.29) is 0 Å². The Morgan fingerprint density at radius 3 is 1.60 bits per heavy atom. The summed E-state index contributed by atoms with van der Waals surface area (Å²) in [6.07, 6.45) is 0. The summed E-state index contributed by atoms with van der Waals surface area (Å²) in [5, 5.41) is 7.05. The topological polar surface area (TPSA) is 32.8 Å². The van der Waals surface area contributed by atoms with E-state index in [0.717, 1.165) is 48.1 Å². The molecule has 0 unspecified atom stereocenters. The summed E-state index contributed by atoms with van der Waals surface area (Å²) in [7, 11) is -1.28. The lowest BCUT2D eigenvalue weighted by Gasteiger charge is -2.34. The van der Waals surface area contributed by atoms with Gasteiger partial charge in [0.1, 0.15) is 11.2 Å². The Balaban J connectivity index is 1.44. The fourth-order valence-corrected chi connectivity index (χ4v) is 6.64. The van der Waals surface area contributed by atoms with Crippen LogP contribution in [0.4, 0.5) is 5.69 Å². The van der Waals surface area contributed by atoms with Crippen molar-refractivity contribution in [2.24, 2.45) is 0 Å². The second-order valence-corrected chi connectivity index (χ2v) is 10.4. The van der Waals surface area contributed by atoms with E-state index in [1.54, 1.807) is 0 Å². The largest absolute Gasteiger partial charge is 0.408 e. The fraction of sp³-hybridized carbons (Fsp3) is 0.133. The SMILES string of the molecule is c1ccc(N2CCN(p3oc4ccc5ccccc5c4c4c(ccc5ccccc54)o3)CC2)cc1. The lowest BCUT2D eigenvalue weighted by atomic mass is 9.99. The third-order valence-corrected chi connectivity index (χ3v) is 8.56. The Morgan fingerprint density at radius 1 is 0.514 bits per heavy atom. The molecule has 1 aliphatic heterocycles. The van der Waals surface area contributed by atoms with Crippen LogP contribution in [0.3, 0.4) is 0 Å². The molecule has 0 aliphatic carbocycles. The van der Waals surface area contributed by atoms with E-state index in [2.05, 4.69) is 113 Å². The summed E-state index contributed by atoms with van der Waals surface area (Å²) in [6.45, 7) is 3.69. The predicted octanol–water partition coefficient (Wildman–Crippen LogP) is 8.05. The smallest absolute Gasteiger partial charge is 0.309 e. The van der Waals surface area contributed by atoms with Crippen LogP contribution in [0.15, 0.2) is 112 Å². The summed E-state index contributed by atoms with van der Waals surface area (Å²) < 4.78 is 15.8. The number of hydrogen-bond donors (Lipinski definition) is 0. The van der Waals surface area contributed by atoms with Crippen molar-refractivity contribution in [1.82, 2.24) is 0 Å². The molecule has 0 atom stereocenters. The maximum atomic E-state index is 6.73. The van der Waals surface area contributed by atoms with Crippen molar-refractivity contribution in [2.75, 3.05) is 35.7 Å². The number of hydrogen-bond acceptors (Lipinski definition) is 4. The van der Waals surface area contributed by atoms with Crippen LogP contribution >= 0.6 is 8.16 Å². The number of anilines is 1. The number of piperazine rings is 1.